The van der Waals surface area contributed by atoms with Crippen molar-refractivity contribution in [1.29, 1.82) is 0 Å². The molecule has 1 aromatic rings. The Hall–Kier alpha value is -0.480. The molecule has 1 saturated carbocycles. The standard InChI is InChI=1S/C9H14N2OS/c1-6-10-11-9(13-6)5-7-3-2-4-8(7)12/h7-8,12H,2-5H2,1H3. The third kappa shape index (κ3) is 2.06. The van der Waals surface area contributed by atoms with Gasteiger partial charge in [0.2, 0.25) is 0 Å². The van der Waals surface area contributed by atoms with Gasteiger partial charge in [0.15, 0.2) is 0 Å². The van der Waals surface area contributed by atoms with E-state index >= 15 is 0 Å². The molecule has 0 amide bonds. The summed E-state index contributed by atoms with van der Waals surface area (Å²) in [5.41, 5.74) is 0. The van der Waals surface area contributed by atoms with Crippen LogP contribution in [0.3, 0.4) is 0 Å². The van der Waals surface area contributed by atoms with E-state index in [2.05, 4.69) is 10.2 Å². The average Bonchev–Trinajstić information content (AvgIpc) is 2.64. The number of aliphatic hydroxyl groups is 1. The maximum Gasteiger partial charge on any atom is 0.117 e. The summed E-state index contributed by atoms with van der Waals surface area (Å²) in [6, 6.07) is 0. The normalized spacial score (nSPS) is 28.2. The lowest BCUT2D eigenvalue weighted by Crippen LogP contribution is -2.15. The van der Waals surface area contributed by atoms with Crippen molar-refractivity contribution in [1.82, 2.24) is 10.2 Å². The van der Waals surface area contributed by atoms with Crippen molar-refractivity contribution in [2.24, 2.45) is 5.92 Å². The van der Waals surface area contributed by atoms with Crippen LogP contribution in [-0.2, 0) is 6.42 Å². The Bertz CT molecular complexity index is 287. The van der Waals surface area contributed by atoms with E-state index in [1.54, 1.807) is 11.3 Å². The monoisotopic (exact) mass is 198 g/mol. The molecule has 1 aliphatic carbocycles. The van der Waals surface area contributed by atoms with Crippen LogP contribution in [-0.4, -0.2) is 21.4 Å². The number of rotatable bonds is 2. The molecule has 3 nitrogen and oxygen atoms in total. The van der Waals surface area contributed by atoms with Gasteiger partial charge in [0.25, 0.3) is 0 Å². The van der Waals surface area contributed by atoms with Crippen LogP contribution < -0.4 is 0 Å². The second-order valence-electron chi connectivity index (χ2n) is 3.68. The molecule has 0 saturated heterocycles. The summed E-state index contributed by atoms with van der Waals surface area (Å²) >= 11 is 1.64. The number of aryl methyl sites for hydroxylation is 1. The quantitative estimate of drug-likeness (QED) is 0.784. The number of aromatic nitrogens is 2. The van der Waals surface area contributed by atoms with Crippen LogP contribution in [0.25, 0.3) is 0 Å². The van der Waals surface area contributed by atoms with E-state index in [1.807, 2.05) is 6.92 Å². The first kappa shape index (κ1) is 9.09. The van der Waals surface area contributed by atoms with E-state index in [0.29, 0.717) is 5.92 Å². The average molecular weight is 198 g/mol. The van der Waals surface area contributed by atoms with E-state index in [0.717, 1.165) is 35.7 Å². The summed E-state index contributed by atoms with van der Waals surface area (Å²) < 4.78 is 0. The minimum Gasteiger partial charge on any atom is -0.393 e. The van der Waals surface area contributed by atoms with Gasteiger partial charge in [0, 0.05) is 6.42 Å². The van der Waals surface area contributed by atoms with Crippen LogP contribution >= 0.6 is 11.3 Å². The fraction of sp³-hybridized carbons (Fsp3) is 0.778. The Labute approximate surface area is 81.8 Å². The fourth-order valence-corrected chi connectivity index (χ4v) is 2.70. The summed E-state index contributed by atoms with van der Waals surface area (Å²) in [6.45, 7) is 1.96. The van der Waals surface area contributed by atoms with Gasteiger partial charge in [-0.2, -0.15) is 0 Å². The molecule has 1 aromatic heterocycles. The zero-order valence-electron chi connectivity index (χ0n) is 7.73. The van der Waals surface area contributed by atoms with Crippen molar-refractivity contribution in [3.63, 3.8) is 0 Å². The molecule has 0 spiro atoms. The third-order valence-corrected chi connectivity index (χ3v) is 3.48. The maximum absolute atomic E-state index is 9.61. The van der Waals surface area contributed by atoms with Gasteiger partial charge < -0.3 is 5.11 Å². The highest BCUT2D eigenvalue weighted by atomic mass is 32.1. The lowest BCUT2D eigenvalue weighted by atomic mass is 10.0. The van der Waals surface area contributed by atoms with Crippen molar-refractivity contribution < 1.29 is 5.11 Å². The van der Waals surface area contributed by atoms with Gasteiger partial charge in [0.1, 0.15) is 10.0 Å². The Kier molecular flexibility index (Phi) is 2.60. The Balaban J connectivity index is 1.97. The van der Waals surface area contributed by atoms with E-state index in [9.17, 15) is 5.11 Å². The largest absolute Gasteiger partial charge is 0.393 e. The van der Waals surface area contributed by atoms with E-state index in [4.69, 9.17) is 0 Å². The topological polar surface area (TPSA) is 46.0 Å². The zero-order chi connectivity index (χ0) is 9.26. The maximum atomic E-state index is 9.61. The first-order valence-corrected chi connectivity index (χ1v) is 5.54. The molecular weight excluding hydrogens is 184 g/mol. The van der Waals surface area contributed by atoms with Crippen LogP contribution in [0.1, 0.15) is 29.3 Å². The lowest BCUT2D eigenvalue weighted by Gasteiger charge is -2.11. The molecule has 2 atom stereocenters. The van der Waals surface area contributed by atoms with Crippen LogP contribution in [0.5, 0.6) is 0 Å². The van der Waals surface area contributed by atoms with Crippen molar-refractivity contribution in [3.8, 4) is 0 Å². The number of hydrogen-bond acceptors (Lipinski definition) is 4. The smallest absolute Gasteiger partial charge is 0.117 e. The molecular formula is C9H14N2OS. The first-order chi connectivity index (χ1) is 6.25. The van der Waals surface area contributed by atoms with Gasteiger partial charge in [0.05, 0.1) is 6.10 Å². The SMILES string of the molecule is Cc1nnc(CC2CCCC2O)s1. The highest BCUT2D eigenvalue weighted by Gasteiger charge is 2.26. The van der Waals surface area contributed by atoms with E-state index < -0.39 is 0 Å². The second-order valence-corrected chi connectivity index (χ2v) is 4.94. The molecule has 1 heterocycles. The highest BCUT2D eigenvalue weighted by Crippen LogP contribution is 2.29. The minimum absolute atomic E-state index is 0.107. The minimum atomic E-state index is -0.107. The van der Waals surface area contributed by atoms with Crippen LogP contribution in [0.4, 0.5) is 0 Å². The molecule has 2 rings (SSSR count). The summed E-state index contributed by atoms with van der Waals surface area (Å²) in [5.74, 6) is 0.423. The lowest BCUT2D eigenvalue weighted by molar-refractivity contribution is 0.132. The molecule has 4 heteroatoms. The molecule has 0 bridgehead atoms. The van der Waals surface area contributed by atoms with Crippen LogP contribution in [0, 0.1) is 12.8 Å². The van der Waals surface area contributed by atoms with Gasteiger partial charge in [-0.05, 0) is 25.7 Å². The van der Waals surface area contributed by atoms with E-state index in [1.165, 1.54) is 0 Å². The summed E-state index contributed by atoms with van der Waals surface area (Å²) in [5, 5.41) is 19.7. The summed E-state index contributed by atoms with van der Waals surface area (Å²) in [6.07, 6.45) is 4.06. The predicted octanol–water partition coefficient (Wildman–Crippen LogP) is 1.55. The molecule has 13 heavy (non-hydrogen) atoms. The molecule has 0 aliphatic heterocycles. The van der Waals surface area contributed by atoms with Gasteiger partial charge in [-0.25, -0.2) is 0 Å². The second kappa shape index (κ2) is 3.72. The first-order valence-electron chi connectivity index (χ1n) is 4.73. The molecule has 0 aromatic carbocycles. The number of nitrogens with zero attached hydrogens (tertiary/aromatic N) is 2. The van der Waals surface area contributed by atoms with E-state index in [-0.39, 0.29) is 6.10 Å². The van der Waals surface area contributed by atoms with Gasteiger partial charge in [-0.1, -0.05) is 6.42 Å². The van der Waals surface area contributed by atoms with Crippen molar-refractivity contribution in [2.75, 3.05) is 0 Å². The van der Waals surface area contributed by atoms with Crippen molar-refractivity contribution in [2.45, 2.75) is 38.7 Å². The fourth-order valence-electron chi connectivity index (χ4n) is 1.90. The Morgan fingerprint density at radius 3 is 2.85 bits per heavy atom. The highest BCUT2D eigenvalue weighted by molar-refractivity contribution is 7.11. The van der Waals surface area contributed by atoms with Crippen LogP contribution in [0.15, 0.2) is 0 Å². The number of aliphatic hydroxyl groups excluding tert-OH is 1. The van der Waals surface area contributed by atoms with Crippen molar-refractivity contribution in [3.05, 3.63) is 10.0 Å². The van der Waals surface area contributed by atoms with Gasteiger partial charge in [-0.15, -0.1) is 21.5 Å². The molecule has 1 aliphatic rings. The van der Waals surface area contributed by atoms with Crippen LogP contribution in [0.2, 0.25) is 0 Å². The zero-order valence-corrected chi connectivity index (χ0v) is 8.55. The van der Waals surface area contributed by atoms with Crippen molar-refractivity contribution >= 4 is 11.3 Å². The molecule has 2 unspecified atom stereocenters. The Morgan fingerprint density at radius 2 is 2.31 bits per heavy atom. The van der Waals surface area contributed by atoms with Gasteiger partial charge in [-0.3, -0.25) is 0 Å². The number of hydrogen-bond donors (Lipinski definition) is 1. The Morgan fingerprint density at radius 1 is 1.46 bits per heavy atom. The molecule has 72 valence electrons. The summed E-state index contributed by atoms with van der Waals surface area (Å²) in [7, 11) is 0. The molecule has 1 fully saturated rings. The predicted molar refractivity (Wildman–Crippen MR) is 51.7 cm³/mol. The molecule has 0 radical (unpaired) electrons. The third-order valence-electron chi connectivity index (χ3n) is 2.62. The molecule has 1 N–H and O–H groups in total. The summed E-state index contributed by atoms with van der Waals surface area (Å²) in [4.78, 5) is 0. The van der Waals surface area contributed by atoms with Gasteiger partial charge >= 0.3 is 0 Å².